The highest BCUT2D eigenvalue weighted by atomic mass is 19.1. The Labute approximate surface area is 114 Å². The van der Waals surface area contributed by atoms with Crippen molar-refractivity contribution in [3.8, 4) is 11.1 Å². The smallest absolute Gasteiger partial charge is 0.335 e. The Morgan fingerprint density at radius 2 is 1.90 bits per heavy atom. The number of benzene rings is 2. The van der Waals surface area contributed by atoms with Crippen LogP contribution in [0, 0.1) is 11.6 Å². The van der Waals surface area contributed by atoms with Gasteiger partial charge in [0.1, 0.15) is 11.6 Å². The summed E-state index contributed by atoms with van der Waals surface area (Å²) in [5.74, 6) is -2.50. The number of rotatable bonds is 4. The van der Waals surface area contributed by atoms with Crippen molar-refractivity contribution in [3.63, 3.8) is 0 Å². The van der Waals surface area contributed by atoms with E-state index in [1.54, 1.807) is 12.1 Å². The summed E-state index contributed by atoms with van der Waals surface area (Å²) in [4.78, 5) is 11.2. The second kappa shape index (κ2) is 5.79. The molecule has 0 saturated carbocycles. The van der Waals surface area contributed by atoms with E-state index < -0.39 is 17.6 Å². The van der Waals surface area contributed by atoms with Crippen LogP contribution in [0.15, 0.2) is 36.4 Å². The van der Waals surface area contributed by atoms with Gasteiger partial charge in [0.05, 0.1) is 5.56 Å². The predicted octanol–water partition coefficient (Wildman–Crippen LogP) is 2.83. The van der Waals surface area contributed by atoms with Gasteiger partial charge in [0, 0.05) is 11.6 Å². The highest BCUT2D eigenvalue weighted by Gasteiger charge is 2.13. The largest absolute Gasteiger partial charge is 0.478 e. The monoisotopic (exact) mass is 277 g/mol. The van der Waals surface area contributed by atoms with Gasteiger partial charge in [-0.3, -0.25) is 0 Å². The van der Waals surface area contributed by atoms with Crippen molar-refractivity contribution in [2.75, 3.05) is 6.54 Å². The molecule has 0 aliphatic heterocycles. The van der Waals surface area contributed by atoms with Gasteiger partial charge in [0.2, 0.25) is 0 Å². The Kier molecular flexibility index (Phi) is 4.10. The van der Waals surface area contributed by atoms with E-state index in [1.807, 2.05) is 0 Å². The predicted molar refractivity (Wildman–Crippen MR) is 71.5 cm³/mol. The lowest BCUT2D eigenvalue weighted by atomic mass is 9.97. The van der Waals surface area contributed by atoms with Crippen molar-refractivity contribution in [2.45, 2.75) is 6.42 Å². The van der Waals surface area contributed by atoms with Crippen LogP contribution in [0.25, 0.3) is 11.1 Å². The first-order valence-electron chi connectivity index (χ1n) is 6.04. The molecule has 3 nitrogen and oxygen atoms in total. The maximum Gasteiger partial charge on any atom is 0.335 e. The maximum atomic E-state index is 13.7. The summed E-state index contributed by atoms with van der Waals surface area (Å²) in [6.45, 7) is 0.324. The third-order valence-electron chi connectivity index (χ3n) is 3.00. The van der Waals surface area contributed by atoms with E-state index in [2.05, 4.69) is 0 Å². The number of halogens is 2. The van der Waals surface area contributed by atoms with Crippen LogP contribution < -0.4 is 5.73 Å². The molecule has 0 aliphatic carbocycles. The van der Waals surface area contributed by atoms with Crippen molar-refractivity contribution in [1.82, 2.24) is 0 Å². The van der Waals surface area contributed by atoms with Crippen LogP contribution in [0.3, 0.4) is 0 Å². The van der Waals surface area contributed by atoms with E-state index in [1.165, 1.54) is 12.1 Å². The maximum absolute atomic E-state index is 13.7. The lowest BCUT2D eigenvalue weighted by Crippen LogP contribution is -2.09. The normalized spacial score (nSPS) is 10.6. The van der Waals surface area contributed by atoms with Gasteiger partial charge in [-0.25, -0.2) is 13.6 Å². The summed E-state index contributed by atoms with van der Waals surface area (Å²) in [5.41, 5.74) is 6.64. The van der Waals surface area contributed by atoms with Gasteiger partial charge >= 0.3 is 5.97 Å². The number of carboxylic acids is 1. The fourth-order valence-electron chi connectivity index (χ4n) is 2.04. The minimum Gasteiger partial charge on any atom is -0.478 e. The molecule has 0 aliphatic rings. The second-order valence-electron chi connectivity index (χ2n) is 4.34. The average Bonchev–Trinajstić information content (AvgIpc) is 2.39. The molecule has 2 aromatic rings. The molecule has 0 fully saturated rings. The molecule has 2 rings (SSSR count). The fourth-order valence-corrected chi connectivity index (χ4v) is 2.04. The van der Waals surface area contributed by atoms with Crippen molar-refractivity contribution >= 4 is 5.97 Å². The van der Waals surface area contributed by atoms with Crippen molar-refractivity contribution in [3.05, 3.63) is 59.2 Å². The second-order valence-corrected chi connectivity index (χ2v) is 4.34. The summed E-state index contributed by atoms with van der Waals surface area (Å²) in [7, 11) is 0. The molecule has 0 bridgehead atoms. The van der Waals surface area contributed by atoms with E-state index in [9.17, 15) is 18.7 Å². The quantitative estimate of drug-likeness (QED) is 0.903. The Hall–Kier alpha value is -2.27. The summed E-state index contributed by atoms with van der Waals surface area (Å²) >= 11 is 0. The lowest BCUT2D eigenvalue weighted by Gasteiger charge is -2.09. The molecule has 2 aromatic carbocycles. The van der Waals surface area contributed by atoms with Crippen LogP contribution >= 0.6 is 0 Å². The molecule has 5 heteroatoms. The molecule has 104 valence electrons. The van der Waals surface area contributed by atoms with Crippen molar-refractivity contribution in [2.24, 2.45) is 5.73 Å². The molecular weight excluding hydrogens is 264 g/mol. The summed E-state index contributed by atoms with van der Waals surface area (Å²) < 4.78 is 26.6. The Morgan fingerprint density at radius 3 is 2.50 bits per heavy atom. The van der Waals surface area contributed by atoms with E-state index in [0.717, 1.165) is 12.1 Å². The zero-order valence-corrected chi connectivity index (χ0v) is 10.6. The zero-order chi connectivity index (χ0) is 14.7. The van der Waals surface area contributed by atoms with E-state index in [4.69, 9.17) is 5.73 Å². The van der Waals surface area contributed by atoms with E-state index >= 15 is 0 Å². The van der Waals surface area contributed by atoms with Gasteiger partial charge in [0.25, 0.3) is 0 Å². The van der Waals surface area contributed by atoms with E-state index in [-0.39, 0.29) is 11.1 Å². The van der Waals surface area contributed by atoms with Crippen LogP contribution in [0.2, 0.25) is 0 Å². The average molecular weight is 277 g/mol. The fraction of sp³-hybridized carbons (Fsp3) is 0.133. The first-order chi connectivity index (χ1) is 9.52. The van der Waals surface area contributed by atoms with Crippen LogP contribution in [-0.2, 0) is 6.42 Å². The van der Waals surface area contributed by atoms with Gasteiger partial charge in [-0.15, -0.1) is 0 Å². The minimum atomic E-state index is -1.10. The molecule has 20 heavy (non-hydrogen) atoms. The third kappa shape index (κ3) is 2.83. The molecule has 0 unspecified atom stereocenters. The molecule has 3 N–H and O–H groups in total. The number of hydrogen-bond donors (Lipinski definition) is 2. The Balaban J connectivity index is 2.53. The highest BCUT2D eigenvalue weighted by molar-refractivity contribution is 5.91. The van der Waals surface area contributed by atoms with Gasteiger partial charge in [-0.05, 0) is 42.3 Å². The van der Waals surface area contributed by atoms with E-state index in [0.29, 0.717) is 24.1 Å². The Morgan fingerprint density at radius 1 is 1.15 bits per heavy atom. The lowest BCUT2D eigenvalue weighted by molar-refractivity contribution is 0.0696. The number of carboxylic acid groups (broad SMARTS) is 1. The molecule has 0 spiro atoms. The molecule has 0 amide bonds. The first-order valence-corrected chi connectivity index (χ1v) is 6.04. The third-order valence-corrected chi connectivity index (χ3v) is 3.00. The standard InChI is InChI=1S/C15H13F2NO2/c16-11-3-4-12(14(17)8-11)10-2-1-9(5-6-18)13(7-10)15(19)20/h1-4,7-8H,5-6,18H2,(H,19,20). The molecule has 0 saturated heterocycles. The van der Waals surface area contributed by atoms with Gasteiger partial charge in [-0.2, -0.15) is 0 Å². The topological polar surface area (TPSA) is 63.3 Å². The number of nitrogens with two attached hydrogens (primary N) is 1. The van der Waals surface area contributed by atoms with Crippen LogP contribution in [-0.4, -0.2) is 17.6 Å². The van der Waals surface area contributed by atoms with Crippen LogP contribution in [0.4, 0.5) is 8.78 Å². The molecule has 0 heterocycles. The summed E-state index contributed by atoms with van der Waals surface area (Å²) in [6.07, 6.45) is 0.424. The van der Waals surface area contributed by atoms with Gasteiger partial charge in [-0.1, -0.05) is 12.1 Å². The SMILES string of the molecule is NCCc1ccc(-c2ccc(F)cc2F)cc1C(=O)O. The zero-order valence-electron chi connectivity index (χ0n) is 10.6. The van der Waals surface area contributed by atoms with Crippen molar-refractivity contribution < 1.29 is 18.7 Å². The molecule has 0 atom stereocenters. The molecule has 0 aromatic heterocycles. The highest BCUT2D eigenvalue weighted by Crippen LogP contribution is 2.26. The van der Waals surface area contributed by atoms with Crippen LogP contribution in [0.1, 0.15) is 15.9 Å². The number of carbonyl (C=O) groups is 1. The number of hydrogen-bond acceptors (Lipinski definition) is 2. The van der Waals surface area contributed by atoms with Crippen molar-refractivity contribution in [1.29, 1.82) is 0 Å². The van der Waals surface area contributed by atoms with Crippen LogP contribution in [0.5, 0.6) is 0 Å². The first kappa shape index (κ1) is 14.1. The minimum absolute atomic E-state index is 0.0803. The van der Waals surface area contributed by atoms with Gasteiger partial charge < -0.3 is 10.8 Å². The molecular formula is C15H13F2NO2. The Bertz CT molecular complexity index is 656. The molecule has 0 radical (unpaired) electrons. The van der Waals surface area contributed by atoms with Gasteiger partial charge in [0.15, 0.2) is 0 Å². The summed E-state index contributed by atoms with van der Waals surface area (Å²) in [6, 6.07) is 7.77. The number of aromatic carboxylic acids is 1. The summed E-state index contributed by atoms with van der Waals surface area (Å²) in [5, 5.41) is 9.18.